The molecule has 0 aliphatic carbocycles. The molecule has 4 atom stereocenters. The molecule has 4 N–H and O–H groups in total. The van der Waals surface area contributed by atoms with Gasteiger partial charge in [-0.25, -0.2) is 9.18 Å². The molecule has 8 nitrogen and oxygen atoms in total. The van der Waals surface area contributed by atoms with Gasteiger partial charge in [-0.05, 0) is 6.07 Å². The van der Waals surface area contributed by atoms with Crippen molar-refractivity contribution in [1.82, 2.24) is 9.55 Å². The molecule has 1 saturated heterocycles. The molecule has 112 valence electrons. The highest BCUT2D eigenvalue weighted by Gasteiger charge is 2.55. The van der Waals surface area contributed by atoms with E-state index >= 15 is 0 Å². The van der Waals surface area contributed by atoms with Crippen molar-refractivity contribution in [3.8, 4) is 0 Å². The van der Waals surface area contributed by atoms with Gasteiger partial charge in [-0.15, -0.1) is 11.6 Å². The summed E-state index contributed by atoms with van der Waals surface area (Å²) in [7, 11) is 0. The molecule has 2 rings (SSSR count). The van der Waals surface area contributed by atoms with Crippen LogP contribution in [0.3, 0.4) is 0 Å². The van der Waals surface area contributed by atoms with Gasteiger partial charge in [0, 0.05) is 6.20 Å². The molecule has 1 fully saturated rings. The van der Waals surface area contributed by atoms with E-state index in [1.165, 1.54) is 6.07 Å². The smallest absolute Gasteiger partial charge is 0.351 e. The Kier molecular flexibility index (Phi) is 4.25. The lowest BCUT2D eigenvalue weighted by molar-refractivity contribution is -0.115. The fraction of sp³-hybridized carbons (Fsp3) is 0.600. The molecule has 0 aromatic carbocycles. The summed E-state index contributed by atoms with van der Waals surface area (Å²) in [6.07, 6.45) is -3.98. The van der Waals surface area contributed by atoms with E-state index in [1.54, 1.807) is 5.48 Å². The highest BCUT2D eigenvalue weighted by molar-refractivity contribution is 6.18. The number of nitrogens with zero attached hydrogens (tertiary/aromatic N) is 2. The molecule has 1 aromatic rings. The molecular weight excluding hydrogens is 297 g/mol. The second kappa shape index (κ2) is 5.62. The quantitative estimate of drug-likeness (QED) is 0.427. The van der Waals surface area contributed by atoms with Crippen molar-refractivity contribution in [3.05, 3.63) is 22.7 Å². The van der Waals surface area contributed by atoms with Crippen LogP contribution in [-0.2, 0) is 4.74 Å². The van der Waals surface area contributed by atoms with E-state index in [2.05, 4.69) is 4.98 Å². The molecule has 1 aromatic heterocycles. The van der Waals surface area contributed by atoms with Crippen LogP contribution in [0.5, 0.6) is 0 Å². The van der Waals surface area contributed by atoms with Gasteiger partial charge >= 0.3 is 5.69 Å². The van der Waals surface area contributed by atoms with E-state index in [0.717, 1.165) is 10.8 Å². The average molecular weight is 310 g/mol. The maximum Gasteiger partial charge on any atom is 0.351 e. The lowest BCUT2D eigenvalue weighted by Gasteiger charge is -2.26. The first-order chi connectivity index (χ1) is 9.49. The number of aliphatic hydroxyl groups is 2. The zero-order valence-corrected chi connectivity index (χ0v) is 10.9. The summed E-state index contributed by atoms with van der Waals surface area (Å²) in [5.41, 5.74) is -0.903. The number of halogens is 2. The van der Waals surface area contributed by atoms with Crippen molar-refractivity contribution in [2.24, 2.45) is 0 Å². The molecule has 0 saturated carbocycles. The molecular formula is C10H13ClFN3O5. The second-order valence-electron chi connectivity index (χ2n) is 4.37. The summed E-state index contributed by atoms with van der Waals surface area (Å²) >= 11 is 5.61. The first kappa shape index (κ1) is 15.1. The van der Waals surface area contributed by atoms with Crippen LogP contribution in [0.4, 0.5) is 10.2 Å². The Morgan fingerprint density at radius 2 is 2.35 bits per heavy atom. The summed E-state index contributed by atoms with van der Waals surface area (Å²) in [5, 5.41) is 27.7. The predicted molar refractivity (Wildman–Crippen MR) is 65.5 cm³/mol. The van der Waals surface area contributed by atoms with Gasteiger partial charge in [-0.3, -0.25) is 15.3 Å². The van der Waals surface area contributed by atoms with E-state index in [1.807, 2.05) is 0 Å². The Hall–Kier alpha value is -1.26. The van der Waals surface area contributed by atoms with Crippen LogP contribution >= 0.6 is 11.6 Å². The summed E-state index contributed by atoms with van der Waals surface area (Å²) in [6.45, 7) is -0.701. The van der Waals surface area contributed by atoms with E-state index in [9.17, 15) is 19.4 Å². The van der Waals surface area contributed by atoms with Crippen molar-refractivity contribution < 1.29 is 24.5 Å². The third-order valence-corrected chi connectivity index (χ3v) is 3.63. The zero-order valence-electron chi connectivity index (χ0n) is 10.1. The molecule has 0 bridgehead atoms. The molecule has 20 heavy (non-hydrogen) atoms. The first-order valence-electron chi connectivity index (χ1n) is 5.65. The fourth-order valence-electron chi connectivity index (χ4n) is 1.98. The van der Waals surface area contributed by atoms with Gasteiger partial charge in [0.05, 0.1) is 12.5 Å². The Labute approximate surface area is 117 Å². The highest BCUT2D eigenvalue weighted by Crippen LogP contribution is 2.39. The van der Waals surface area contributed by atoms with Gasteiger partial charge in [-0.2, -0.15) is 4.98 Å². The Morgan fingerprint density at radius 3 is 2.80 bits per heavy atom. The number of nitrogens with one attached hydrogen (secondary N) is 1. The van der Waals surface area contributed by atoms with Crippen LogP contribution in [0.25, 0.3) is 0 Å². The number of hydrogen-bond acceptors (Lipinski definition) is 7. The highest BCUT2D eigenvalue weighted by atomic mass is 35.5. The molecule has 1 aliphatic heterocycles. The van der Waals surface area contributed by atoms with Gasteiger partial charge in [-0.1, -0.05) is 0 Å². The number of aliphatic hydroxyl groups excluding tert-OH is 2. The van der Waals surface area contributed by atoms with Gasteiger partial charge in [0.15, 0.2) is 18.2 Å². The van der Waals surface area contributed by atoms with E-state index in [4.69, 9.17) is 21.5 Å². The first-order valence-corrected chi connectivity index (χ1v) is 6.18. The number of anilines is 1. The van der Waals surface area contributed by atoms with Crippen molar-refractivity contribution in [2.75, 3.05) is 18.0 Å². The zero-order chi connectivity index (χ0) is 14.9. The SMILES string of the molecule is O=c1nc(NO)ccn1C1OC(CO)(CCl)C(O)C1F. The molecule has 10 heteroatoms. The van der Waals surface area contributed by atoms with Crippen molar-refractivity contribution in [1.29, 1.82) is 0 Å². The Bertz CT molecular complexity index is 538. The number of aromatic nitrogens is 2. The molecule has 0 amide bonds. The summed E-state index contributed by atoms with van der Waals surface area (Å²) in [5.74, 6) is -0.467. The molecule has 2 heterocycles. The third kappa shape index (κ3) is 2.27. The summed E-state index contributed by atoms with van der Waals surface area (Å²) < 4.78 is 20.2. The maximum atomic E-state index is 14.1. The van der Waals surface area contributed by atoms with Gasteiger partial charge in [0.25, 0.3) is 0 Å². The normalized spacial score (nSPS) is 33.4. The van der Waals surface area contributed by atoms with E-state index < -0.39 is 36.4 Å². The number of alkyl halides is 2. The lowest BCUT2D eigenvalue weighted by atomic mass is 9.99. The van der Waals surface area contributed by atoms with Crippen LogP contribution in [0.2, 0.25) is 0 Å². The Balaban J connectivity index is 2.37. The second-order valence-corrected chi connectivity index (χ2v) is 4.64. The summed E-state index contributed by atoms with van der Waals surface area (Å²) in [6, 6.07) is 1.21. The predicted octanol–water partition coefficient (Wildman–Crippen LogP) is -0.758. The van der Waals surface area contributed by atoms with Crippen molar-refractivity contribution in [2.45, 2.75) is 24.1 Å². The van der Waals surface area contributed by atoms with Crippen LogP contribution in [-0.4, -0.2) is 55.3 Å². The molecule has 0 radical (unpaired) electrons. The van der Waals surface area contributed by atoms with Crippen LogP contribution in [0.15, 0.2) is 17.1 Å². The summed E-state index contributed by atoms with van der Waals surface area (Å²) in [4.78, 5) is 15.1. The van der Waals surface area contributed by atoms with E-state index in [0.29, 0.717) is 0 Å². The number of ether oxygens (including phenoxy) is 1. The van der Waals surface area contributed by atoms with Crippen LogP contribution < -0.4 is 11.2 Å². The molecule has 4 unspecified atom stereocenters. The minimum atomic E-state index is -1.96. The standard InChI is InChI=1S/C10H13ClFN3O5/c11-3-10(4-16)7(17)6(12)8(20-10)15-2-1-5(14-19)13-9(15)18/h1-2,6-8,16-17,19H,3-4H2,(H,13,14,18). The van der Waals surface area contributed by atoms with Crippen LogP contribution in [0, 0.1) is 0 Å². The number of rotatable bonds is 4. The lowest BCUT2D eigenvalue weighted by Crippen LogP contribution is -2.47. The fourth-order valence-corrected chi connectivity index (χ4v) is 2.29. The largest absolute Gasteiger partial charge is 0.393 e. The van der Waals surface area contributed by atoms with Crippen molar-refractivity contribution in [3.63, 3.8) is 0 Å². The Morgan fingerprint density at radius 1 is 1.65 bits per heavy atom. The number of hydrogen-bond donors (Lipinski definition) is 4. The van der Waals surface area contributed by atoms with Crippen LogP contribution in [0.1, 0.15) is 6.23 Å². The van der Waals surface area contributed by atoms with Crippen molar-refractivity contribution >= 4 is 17.4 Å². The third-order valence-electron chi connectivity index (χ3n) is 3.18. The topological polar surface area (TPSA) is 117 Å². The van der Waals surface area contributed by atoms with E-state index in [-0.39, 0.29) is 11.7 Å². The maximum absolute atomic E-state index is 14.1. The molecule has 1 aliphatic rings. The average Bonchev–Trinajstić information content (AvgIpc) is 2.72. The minimum absolute atomic E-state index is 0.119. The minimum Gasteiger partial charge on any atom is -0.393 e. The molecule has 0 spiro atoms. The van der Waals surface area contributed by atoms with Gasteiger partial charge in [0.2, 0.25) is 0 Å². The van der Waals surface area contributed by atoms with Gasteiger partial charge in [0.1, 0.15) is 11.7 Å². The monoisotopic (exact) mass is 309 g/mol. The van der Waals surface area contributed by atoms with Gasteiger partial charge < -0.3 is 14.9 Å².